The molecule has 0 saturated carbocycles. The van der Waals surface area contributed by atoms with Crippen LogP contribution in [0.5, 0.6) is 0 Å². The Morgan fingerprint density at radius 1 is 1.18 bits per heavy atom. The monoisotopic (exact) mass is 377 g/mol. The minimum Gasteiger partial charge on any atom is -0.452 e. The number of hydrogen-bond donors (Lipinski definition) is 1. The van der Waals surface area contributed by atoms with Crippen molar-refractivity contribution in [3.63, 3.8) is 0 Å². The zero-order valence-electron chi connectivity index (χ0n) is 15.3. The van der Waals surface area contributed by atoms with E-state index in [1.165, 1.54) is 24.3 Å². The molecule has 1 N–H and O–H groups in total. The van der Waals surface area contributed by atoms with E-state index in [4.69, 9.17) is 10.00 Å². The molecule has 0 spiro atoms. The fourth-order valence-electron chi connectivity index (χ4n) is 3.19. The van der Waals surface area contributed by atoms with Crippen molar-refractivity contribution in [3.8, 4) is 6.07 Å². The summed E-state index contributed by atoms with van der Waals surface area (Å²) in [6.07, 6.45) is 0.527. The smallest absolute Gasteiger partial charge is 0.338 e. The number of carbonyl (C=O) groups excluding carboxylic acids is 3. The van der Waals surface area contributed by atoms with Crippen molar-refractivity contribution in [2.75, 3.05) is 16.8 Å². The average Bonchev–Trinajstić information content (AvgIpc) is 3.02. The molecule has 0 saturated heterocycles. The average molecular weight is 377 g/mol. The van der Waals surface area contributed by atoms with Crippen molar-refractivity contribution >= 4 is 29.2 Å². The Hall–Kier alpha value is -3.66. The van der Waals surface area contributed by atoms with E-state index in [2.05, 4.69) is 5.32 Å². The second-order valence-corrected chi connectivity index (χ2v) is 6.48. The predicted octanol–water partition coefficient (Wildman–Crippen LogP) is 2.67. The third-order valence-electron chi connectivity index (χ3n) is 4.45. The quantitative estimate of drug-likeness (QED) is 0.808. The van der Waals surface area contributed by atoms with Crippen molar-refractivity contribution in [2.24, 2.45) is 0 Å². The van der Waals surface area contributed by atoms with E-state index in [0.717, 1.165) is 17.7 Å². The van der Waals surface area contributed by atoms with Gasteiger partial charge < -0.3 is 15.0 Å². The van der Waals surface area contributed by atoms with E-state index in [1.54, 1.807) is 11.0 Å². The number of carbonyl (C=O) groups is 3. The van der Waals surface area contributed by atoms with Gasteiger partial charge in [0.15, 0.2) is 6.61 Å². The van der Waals surface area contributed by atoms with Crippen LogP contribution >= 0.6 is 0 Å². The predicted molar refractivity (Wildman–Crippen MR) is 103 cm³/mol. The maximum Gasteiger partial charge on any atom is 0.338 e. The topological polar surface area (TPSA) is 99.5 Å². The molecule has 7 heteroatoms. The lowest BCUT2D eigenvalue weighted by molar-refractivity contribution is -0.122. The molecule has 1 heterocycles. The van der Waals surface area contributed by atoms with Gasteiger partial charge in [0.2, 0.25) is 5.91 Å². The lowest BCUT2D eigenvalue weighted by atomic mass is 10.1. The summed E-state index contributed by atoms with van der Waals surface area (Å²) in [6.45, 7) is 1.61. The summed E-state index contributed by atoms with van der Waals surface area (Å²) < 4.78 is 5.16. The van der Waals surface area contributed by atoms with Gasteiger partial charge in [-0.15, -0.1) is 0 Å². The van der Waals surface area contributed by atoms with Crippen LogP contribution in [-0.2, 0) is 20.7 Å². The summed E-state index contributed by atoms with van der Waals surface area (Å²) in [5.74, 6) is -1.32. The molecule has 0 unspecified atom stereocenters. The Morgan fingerprint density at radius 2 is 1.89 bits per heavy atom. The highest BCUT2D eigenvalue weighted by Crippen LogP contribution is 2.31. The standard InChI is InChI=1S/C21H19N3O4/c1-14-12-16-4-2-3-5-18(16)24(14)20(26)13-28-21(27)15-6-8-17(9-7-15)23-19(25)10-11-22/h2-9,14H,10,12-13H2,1H3,(H,23,25)/t14-/m1/s1. The van der Waals surface area contributed by atoms with Gasteiger partial charge in [0.05, 0.1) is 11.6 Å². The number of hydrogen-bond acceptors (Lipinski definition) is 5. The van der Waals surface area contributed by atoms with Gasteiger partial charge >= 0.3 is 5.97 Å². The van der Waals surface area contributed by atoms with Crippen molar-refractivity contribution < 1.29 is 19.1 Å². The van der Waals surface area contributed by atoms with Crippen LogP contribution in [0.2, 0.25) is 0 Å². The van der Waals surface area contributed by atoms with E-state index < -0.39 is 11.9 Å². The largest absolute Gasteiger partial charge is 0.452 e. The number of nitriles is 1. The van der Waals surface area contributed by atoms with Crippen molar-refractivity contribution in [1.29, 1.82) is 5.26 Å². The summed E-state index contributed by atoms with van der Waals surface area (Å²) in [5.41, 5.74) is 2.69. The summed E-state index contributed by atoms with van der Waals surface area (Å²) in [6, 6.07) is 15.5. The van der Waals surface area contributed by atoms with Crippen LogP contribution in [-0.4, -0.2) is 30.4 Å². The molecular formula is C21H19N3O4. The van der Waals surface area contributed by atoms with Gasteiger partial charge in [-0.05, 0) is 49.2 Å². The molecule has 0 fully saturated rings. The fourth-order valence-corrected chi connectivity index (χ4v) is 3.19. The number of benzene rings is 2. The molecule has 1 atom stereocenters. The van der Waals surface area contributed by atoms with Crippen LogP contribution < -0.4 is 10.2 Å². The Kier molecular flexibility index (Phi) is 5.70. The molecule has 1 aliphatic rings. The molecule has 3 rings (SSSR count). The molecular weight excluding hydrogens is 358 g/mol. The first kappa shape index (κ1) is 19.1. The van der Waals surface area contributed by atoms with Crippen molar-refractivity contribution in [3.05, 3.63) is 59.7 Å². The second-order valence-electron chi connectivity index (χ2n) is 6.48. The van der Waals surface area contributed by atoms with Crippen LogP contribution in [0.1, 0.15) is 29.3 Å². The maximum atomic E-state index is 12.6. The lowest BCUT2D eigenvalue weighted by Gasteiger charge is -2.22. The van der Waals surface area contributed by atoms with Gasteiger partial charge in [-0.3, -0.25) is 9.59 Å². The third-order valence-corrected chi connectivity index (χ3v) is 4.45. The van der Waals surface area contributed by atoms with Crippen LogP contribution in [0.25, 0.3) is 0 Å². The van der Waals surface area contributed by atoms with Gasteiger partial charge in [-0.2, -0.15) is 5.26 Å². The van der Waals surface area contributed by atoms with Crippen LogP contribution in [0.4, 0.5) is 11.4 Å². The van der Waals surface area contributed by atoms with Gasteiger partial charge in [0.25, 0.3) is 5.91 Å². The Labute approximate surface area is 162 Å². The fraction of sp³-hybridized carbons (Fsp3) is 0.238. The molecule has 2 amide bonds. The zero-order valence-corrected chi connectivity index (χ0v) is 15.3. The van der Waals surface area contributed by atoms with E-state index in [-0.39, 0.29) is 30.5 Å². The van der Waals surface area contributed by atoms with Crippen molar-refractivity contribution in [2.45, 2.75) is 25.8 Å². The summed E-state index contributed by atoms with van der Waals surface area (Å²) in [5, 5.41) is 11.0. The van der Waals surface area contributed by atoms with Gasteiger partial charge in [-0.25, -0.2) is 4.79 Å². The maximum absolute atomic E-state index is 12.6. The number of para-hydroxylation sites is 1. The molecule has 7 nitrogen and oxygen atoms in total. The molecule has 2 aromatic rings. The minimum atomic E-state index is -0.622. The molecule has 2 aromatic carbocycles. The SMILES string of the molecule is C[C@@H]1Cc2ccccc2N1C(=O)COC(=O)c1ccc(NC(=O)CC#N)cc1. The normalized spacial score (nSPS) is 14.7. The summed E-state index contributed by atoms with van der Waals surface area (Å²) in [4.78, 5) is 37.8. The third kappa shape index (κ3) is 4.18. The minimum absolute atomic E-state index is 0.0138. The van der Waals surface area contributed by atoms with E-state index in [1.807, 2.05) is 31.2 Å². The van der Waals surface area contributed by atoms with Crippen molar-refractivity contribution in [1.82, 2.24) is 0 Å². The molecule has 28 heavy (non-hydrogen) atoms. The number of esters is 1. The Morgan fingerprint density at radius 3 is 2.61 bits per heavy atom. The number of ether oxygens (including phenoxy) is 1. The van der Waals surface area contributed by atoms with Gasteiger partial charge in [0.1, 0.15) is 6.42 Å². The highest BCUT2D eigenvalue weighted by Gasteiger charge is 2.31. The summed E-state index contributed by atoms with van der Waals surface area (Å²) >= 11 is 0. The second kappa shape index (κ2) is 8.35. The molecule has 0 bridgehead atoms. The highest BCUT2D eigenvalue weighted by atomic mass is 16.5. The lowest BCUT2D eigenvalue weighted by Crippen LogP contribution is -2.38. The van der Waals surface area contributed by atoms with Gasteiger partial charge in [0, 0.05) is 17.4 Å². The highest BCUT2D eigenvalue weighted by molar-refractivity contribution is 5.99. The molecule has 142 valence electrons. The van der Waals surface area contributed by atoms with Crippen LogP contribution in [0.15, 0.2) is 48.5 Å². The number of amides is 2. The van der Waals surface area contributed by atoms with Crippen LogP contribution in [0, 0.1) is 11.3 Å². The first-order valence-corrected chi connectivity index (χ1v) is 8.83. The molecule has 0 aromatic heterocycles. The van der Waals surface area contributed by atoms with E-state index in [0.29, 0.717) is 5.69 Å². The number of nitrogens with zero attached hydrogens (tertiary/aromatic N) is 2. The molecule has 0 aliphatic carbocycles. The van der Waals surface area contributed by atoms with E-state index >= 15 is 0 Å². The van der Waals surface area contributed by atoms with Gasteiger partial charge in [-0.1, -0.05) is 18.2 Å². The summed E-state index contributed by atoms with van der Waals surface area (Å²) in [7, 11) is 0. The van der Waals surface area contributed by atoms with Crippen LogP contribution in [0.3, 0.4) is 0 Å². The molecule has 1 aliphatic heterocycles. The first-order valence-electron chi connectivity index (χ1n) is 8.83. The molecule has 0 radical (unpaired) electrons. The number of fused-ring (bicyclic) bond motifs is 1. The zero-order chi connectivity index (χ0) is 20.1. The number of rotatable bonds is 5. The number of nitrogens with one attached hydrogen (secondary N) is 1. The number of anilines is 2. The first-order chi connectivity index (χ1) is 13.5. The Balaban J connectivity index is 1.58. The Bertz CT molecular complexity index is 947. The van der Waals surface area contributed by atoms with E-state index in [9.17, 15) is 14.4 Å².